The molecule has 0 aliphatic rings. The molecule has 3 nitrogen and oxygen atoms in total. The van der Waals surface area contributed by atoms with Gasteiger partial charge in [0.15, 0.2) is 5.13 Å². The lowest BCUT2D eigenvalue weighted by Gasteiger charge is -2.03. The second-order valence-corrected chi connectivity index (χ2v) is 5.53. The molecule has 0 bridgehead atoms. The Labute approximate surface area is 120 Å². The number of ether oxygens (including phenoxy) is 1. The van der Waals surface area contributed by atoms with Crippen LogP contribution in [0.2, 0.25) is 0 Å². The van der Waals surface area contributed by atoms with Crippen molar-refractivity contribution < 1.29 is 9.13 Å². The zero-order valence-electron chi connectivity index (χ0n) is 11.1. The van der Waals surface area contributed by atoms with Gasteiger partial charge in [0, 0.05) is 5.69 Å². The Kier molecular flexibility index (Phi) is 3.28. The van der Waals surface area contributed by atoms with E-state index in [1.807, 2.05) is 31.2 Å². The van der Waals surface area contributed by atoms with Gasteiger partial charge >= 0.3 is 0 Å². The fourth-order valence-corrected chi connectivity index (χ4v) is 2.93. The van der Waals surface area contributed by atoms with Crippen LogP contribution in [-0.2, 0) is 0 Å². The zero-order valence-corrected chi connectivity index (χ0v) is 11.9. The summed E-state index contributed by atoms with van der Waals surface area (Å²) in [7, 11) is 1.64. The molecule has 0 saturated heterocycles. The molecule has 1 aromatic heterocycles. The quantitative estimate of drug-likeness (QED) is 0.770. The molecule has 1 heterocycles. The topological polar surface area (TPSA) is 34.1 Å². The van der Waals surface area contributed by atoms with Crippen molar-refractivity contribution in [3.05, 3.63) is 47.8 Å². The van der Waals surface area contributed by atoms with Crippen molar-refractivity contribution in [2.45, 2.75) is 6.92 Å². The van der Waals surface area contributed by atoms with Crippen LogP contribution < -0.4 is 10.1 Å². The van der Waals surface area contributed by atoms with Gasteiger partial charge in [0.25, 0.3) is 0 Å². The third kappa shape index (κ3) is 2.58. The molecule has 0 saturated carbocycles. The van der Waals surface area contributed by atoms with Crippen molar-refractivity contribution in [3.8, 4) is 5.75 Å². The molecule has 3 rings (SSSR count). The van der Waals surface area contributed by atoms with Crippen molar-refractivity contribution in [1.82, 2.24) is 4.98 Å². The number of fused-ring (bicyclic) bond motifs is 1. The van der Waals surface area contributed by atoms with E-state index in [4.69, 9.17) is 4.74 Å². The van der Waals surface area contributed by atoms with Crippen LogP contribution in [0, 0.1) is 12.7 Å². The Morgan fingerprint density at radius 2 is 2.05 bits per heavy atom. The number of thiazole rings is 1. The van der Waals surface area contributed by atoms with Crippen LogP contribution in [0.15, 0.2) is 36.4 Å². The van der Waals surface area contributed by atoms with Gasteiger partial charge in [0.2, 0.25) is 0 Å². The van der Waals surface area contributed by atoms with E-state index < -0.39 is 0 Å². The monoisotopic (exact) mass is 288 g/mol. The van der Waals surface area contributed by atoms with Crippen molar-refractivity contribution >= 4 is 32.4 Å². The first-order valence-corrected chi connectivity index (χ1v) is 6.94. The summed E-state index contributed by atoms with van der Waals surface area (Å²) >= 11 is 1.51. The van der Waals surface area contributed by atoms with Crippen LogP contribution in [-0.4, -0.2) is 12.1 Å². The molecule has 0 atom stereocenters. The lowest BCUT2D eigenvalue weighted by atomic mass is 10.2. The molecule has 0 radical (unpaired) electrons. The second kappa shape index (κ2) is 5.09. The number of aryl methyl sites for hydroxylation is 1. The Hall–Kier alpha value is -2.14. The number of halogens is 1. The molecule has 0 spiro atoms. The summed E-state index contributed by atoms with van der Waals surface area (Å²) in [6.45, 7) is 1.86. The third-order valence-corrected chi connectivity index (χ3v) is 3.82. The molecule has 2 aromatic carbocycles. The summed E-state index contributed by atoms with van der Waals surface area (Å²) in [6.07, 6.45) is 0. The Morgan fingerprint density at radius 3 is 2.80 bits per heavy atom. The fourth-order valence-electron chi connectivity index (χ4n) is 2.02. The number of aromatic nitrogens is 1. The van der Waals surface area contributed by atoms with Gasteiger partial charge in [-0.2, -0.15) is 0 Å². The standard InChI is InChI=1S/C15H13FN2OS/c1-9-5-10(16)7-11(6-9)17-15-18-13-4-3-12(19-2)8-14(13)20-15/h3-8H,1-2H3,(H,17,18). The molecule has 0 amide bonds. The summed E-state index contributed by atoms with van der Waals surface area (Å²) in [5.74, 6) is 0.546. The van der Waals surface area contributed by atoms with E-state index in [9.17, 15) is 4.39 Å². The first-order chi connectivity index (χ1) is 9.64. The van der Waals surface area contributed by atoms with Crippen molar-refractivity contribution in [2.24, 2.45) is 0 Å². The molecule has 102 valence electrons. The van der Waals surface area contributed by atoms with E-state index in [0.29, 0.717) is 5.69 Å². The van der Waals surface area contributed by atoms with Gasteiger partial charge < -0.3 is 10.1 Å². The summed E-state index contributed by atoms with van der Waals surface area (Å²) in [4.78, 5) is 4.47. The predicted octanol–water partition coefficient (Wildman–Crippen LogP) is 4.50. The van der Waals surface area contributed by atoms with E-state index in [1.54, 1.807) is 7.11 Å². The summed E-state index contributed by atoms with van der Waals surface area (Å²) in [6, 6.07) is 10.6. The summed E-state index contributed by atoms with van der Waals surface area (Å²) in [5, 5.41) is 3.87. The highest BCUT2D eigenvalue weighted by molar-refractivity contribution is 7.22. The van der Waals surface area contributed by atoms with E-state index in [-0.39, 0.29) is 5.82 Å². The number of benzene rings is 2. The SMILES string of the molecule is COc1ccc2nc(Nc3cc(C)cc(F)c3)sc2c1. The second-order valence-electron chi connectivity index (χ2n) is 4.49. The van der Waals surface area contributed by atoms with Crippen LogP contribution in [0.3, 0.4) is 0 Å². The van der Waals surface area contributed by atoms with E-state index in [1.165, 1.54) is 23.5 Å². The van der Waals surface area contributed by atoms with E-state index in [2.05, 4.69) is 10.3 Å². The fraction of sp³-hybridized carbons (Fsp3) is 0.133. The molecule has 0 aliphatic heterocycles. The molecule has 1 N–H and O–H groups in total. The molecule has 0 fully saturated rings. The molecule has 0 unspecified atom stereocenters. The highest BCUT2D eigenvalue weighted by atomic mass is 32.1. The number of anilines is 2. The lowest BCUT2D eigenvalue weighted by molar-refractivity contribution is 0.415. The van der Waals surface area contributed by atoms with Crippen LogP contribution >= 0.6 is 11.3 Å². The maximum Gasteiger partial charge on any atom is 0.188 e. The molecular weight excluding hydrogens is 275 g/mol. The maximum atomic E-state index is 13.4. The normalized spacial score (nSPS) is 10.8. The number of nitrogens with zero attached hydrogens (tertiary/aromatic N) is 1. The number of rotatable bonds is 3. The number of methoxy groups -OCH3 is 1. The first-order valence-electron chi connectivity index (χ1n) is 6.13. The summed E-state index contributed by atoms with van der Waals surface area (Å²) in [5.41, 5.74) is 2.47. The van der Waals surface area contributed by atoms with Gasteiger partial charge in [0.1, 0.15) is 11.6 Å². The van der Waals surface area contributed by atoms with Gasteiger partial charge in [-0.05, 0) is 48.9 Å². The van der Waals surface area contributed by atoms with Crippen molar-refractivity contribution in [1.29, 1.82) is 0 Å². The largest absolute Gasteiger partial charge is 0.497 e. The average molecular weight is 288 g/mol. The van der Waals surface area contributed by atoms with Crippen molar-refractivity contribution in [2.75, 3.05) is 12.4 Å². The minimum Gasteiger partial charge on any atom is -0.497 e. The van der Waals surface area contributed by atoms with Crippen LogP contribution in [0.25, 0.3) is 10.2 Å². The number of nitrogens with one attached hydrogen (secondary N) is 1. The van der Waals surface area contributed by atoms with Gasteiger partial charge in [-0.1, -0.05) is 11.3 Å². The molecule has 3 aromatic rings. The molecule has 0 aliphatic carbocycles. The Balaban J connectivity index is 1.94. The van der Waals surface area contributed by atoms with Crippen molar-refractivity contribution in [3.63, 3.8) is 0 Å². The molecule has 5 heteroatoms. The van der Waals surface area contributed by atoms with Gasteiger partial charge in [0.05, 0.1) is 17.3 Å². The lowest BCUT2D eigenvalue weighted by Crippen LogP contribution is -1.91. The Morgan fingerprint density at radius 1 is 1.20 bits per heavy atom. The maximum absolute atomic E-state index is 13.4. The highest BCUT2D eigenvalue weighted by Gasteiger charge is 2.06. The minimum atomic E-state index is -0.254. The smallest absolute Gasteiger partial charge is 0.188 e. The van der Waals surface area contributed by atoms with Crippen LogP contribution in [0.4, 0.5) is 15.2 Å². The van der Waals surface area contributed by atoms with Gasteiger partial charge in [-0.3, -0.25) is 0 Å². The van der Waals surface area contributed by atoms with Crippen LogP contribution in [0.1, 0.15) is 5.56 Å². The molecule has 20 heavy (non-hydrogen) atoms. The zero-order chi connectivity index (χ0) is 14.1. The predicted molar refractivity (Wildman–Crippen MR) is 80.6 cm³/mol. The summed E-state index contributed by atoms with van der Waals surface area (Å²) < 4.78 is 19.6. The van der Waals surface area contributed by atoms with Gasteiger partial charge in [-0.25, -0.2) is 9.37 Å². The van der Waals surface area contributed by atoms with E-state index in [0.717, 1.165) is 26.7 Å². The third-order valence-electron chi connectivity index (χ3n) is 2.89. The number of hydrogen-bond acceptors (Lipinski definition) is 4. The number of hydrogen-bond donors (Lipinski definition) is 1. The van der Waals surface area contributed by atoms with Crippen LogP contribution in [0.5, 0.6) is 5.75 Å². The highest BCUT2D eigenvalue weighted by Crippen LogP contribution is 2.31. The average Bonchev–Trinajstić information content (AvgIpc) is 2.78. The Bertz CT molecular complexity index is 749. The first kappa shape index (κ1) is 12.9. The minimum absolute atomic E-state index is 0.254. The van der Waals surface area contributed by atoms with E-state index >= 15 is 0 Å². The molecular formula is C15H13FN2OS. The van der Waals surface area contributed by atoms with Gasteiger partial charge in [-0.15, -0.1) is 0 Å².